The van der Waals surface area contributed by atoms with Gasteiger partial charge in [0, 0.05) is 10.8 Å². The number of rotatable bonds is 3. The highest BCUT2D eigenvalue weighted by atomic mass is 32.1. The number of anilines is 1. The summed E-state index contributed by atoms with van der Waals surface area (Å²) in [6, 6.07) is 12.5. The van der Waals surface area contributed by atoms with Crippen molar-refractivity contribution < 1.29 is 9.72 Å². The van der Waals surface area contributed by atoms with Gasteiger partial charge in [0.25, 0.3) is 11.6 Å². The average Bonchev–Trinajstić information content (AvgIpc) is 2.87. The molecule has 1 N–H and O–H groups in total. The summed E-state index contributed by atoms with van der Waals surface area (Å²) in [7, 11) is 0. The highest BCUT2D eigenvalue weighted by molar-refractivity contribution is 7.21. The van der Waals surface area contributed by atoms with Crippen LogP contribution in [-0.4, -0.2) is 10.8 Å². The van der Waals surface area contributed by atoms with E-state index in [9.17, 15) is 14.9 Å². The Morgan fingerprint density at radius 3 is 2.52 bits per heavy atom. The minimum atomic E-state index is -0.449. The van der Waals surface area contributed by atoms with E-state index < -0.39 is 4.92 Å². The molecule has 2 aromatic carbocycles. The molecule has 0 atom stereocenters. The third-order valence-corrected chi connectivity index (χ3v) is 5.07. The van der Waals surface area contributed by atoms with E-state index >= 15 is 0 Å². The van der Waals surface area contributed by atoms with Crippen LogP contribution in [0.1, 0.15) is 20.8 Å². The summed E-state index contributed by atoms with van der Waals surface area (Å²) in [5, 5.41) is 14.8. The minimum absolute atomic E-state index is 0.00383. The van der Waals surface area contributed by atoms with Crippen LogP contribution in [0.4, 0.5) is 11.4 Å². The molecular formula is C17H14N2O3S. The van der Waals surface area contributed by atoms with Crippen LogP contribution in [-0.2, 0) is 0 Å². The number of hydrogen-bond acceptors (Lipinski definition) is 4. The Hall–Kier alpha value is -2.73. The predicted octanol–water partition coefficient (Wildman–Crippen LogP) is 4.68. The average molecular weight is 326 g/mol. The van der Waals surface area contributed by atoms with E-state index in [1.807, 2.05) is 31.2 Å². The molecule has 6 heteroatoms. The minimum Gasteiger partial charge on any atom is -0.321 e. The molecule has 23 heavy (non-hydrogen) atoms. The van der Waals surface area contributed by atoms with E-state index in [4.69, 9.17) is 0 Å². The molecule has 0 saturated heterocycles. The number of benzene rings is 2. The largest absolute Gasteiger partial charge is 0.321 e. The summed E-state index contributed by atoms with van der Waals surface area (Å²) in [4.78, 5) is 23.7. The van der Waals surface area contributed by atoms with Gasteiger partial charge in [-0.2, -0.15) is 0 Å². The molecule has 1 amide bonds. The van der Waals surface area contributed by atoms with Crippen molar-refractivity contribution in [2.75, 3.05) is 5.32 Å². The van der Waals surface area contributed by atoms with Crippen molar-refractivity contribution in [3.05, 3.63) is 68.6 Å². The molecule has 1 heterocycles. The van der Waals surface area contributed by atoms with Crippen LogP contribution in [0.3, 0.4) is 0 Å². The van der Waals surface area contributed by atoms with Gasteiger partial charge in [0.2, 0.25) is 0 Å². The Morgan fingerprint density at radius 1 is 1.09 bits per heavy atom. The van der Waals surface area contributed by atoms with E-state index in [1.165, 1.54) is 17.4 Å². The summed E-state index contributed by atoms with van der Waals surface area (Å²) in [6.45, 7) is 3.54. The third kappa shape index (κ3) is 2.68. The summed E-state index contributed by atoms with van der Waals surface area (Å²) in [6.07, 6.45) is 0. The van der Waals surface area contributed by atoms with Gasteiger partial charge in [-0.25, -0.2) is 0 Å². The number of nitro benzene ring substituents is 1. The van der Waals surface area contributed by atoms with Crippen LogP contribution >= 0.6 is 11.3 Å². The van der Waals surface area contributed by atoms with Gasteiger partial charge < -0.3 is 5.32 Å². The molecule has 1 aromatic heterocycles. The first kappa shape index (κ1) is 15.2. The SMILES string of the molecule is Cc1c(NC(=O)c2sc3ccccc3c2C)cccc1[N+](=O)[O-]. The molecule has 0 radical (unpaired) electrons. The molecule has 0 unspecified atom stereocenters. The molecule has 5 nitrogen and oxygen atoms in total. The van der Waals surface area contributed by atoms with Gasteiger partial charge in [0.05, 0.1) is 21.1 Å². The van der Waals surface area contributed by atoms with Crippen LogP contribution in [0.15, 0.2) is 42.5 Å². The van der Waals surface area contributed by atoms with Crippen molar-refractivity contribution >= 4 is 38.7 Å². The lowest BCUT2D eigenvalue weighted by Gasteiger charge is -2.08. The maximum Gasteiger partial charge on any atom is 0.274 e. The van der Waals surface area contributed by atoms with Gasteiger partial charge in [-0.05, 0) is 36.9 Å². The van der Waals surface area contributed by atoms with Crippen LogP contribution in [0.25, 0.3) is 10.1 Å². The topological polar surface area (TPSA) is 72.2 Å². The zero-order valence-corrected chi connectivity index (χ0v) is 13.4. The zero-order valence-electron chi connectivity index (χ0n) is 12.6. The molecule has 0 fully saturated rings. The predicted molar refractivity (Wildman–Crippen MR) is 92.3 cm³/mol. The molecule has 116 valence electrons. The fraction of sp³-hybridized carbons (Fsp3) is 0.118. The van der Waals surface area contributed by atoms with E-state index in [-0.39, 0.29) is 11.6 Å². The summed E-state index contributed by atoms with van der Waals surface area (Å²) in [5.74, 6) is -0.243. The van der Waals surface area contributed by atoms with Crippen molar-refractivity contribution in [3.63, 3.8) is 0 Å². The Morgan fingerprint density at radius 2 is 1.83 bits per heavy atom. The second kappa shape index (κ2) is 5.81. The van der Waals surface area contributed by atoms with Crippen molar-refractivity contribution in [1.82, 2.24) is 0 Å². The number of aryl methyl sites for hydroxylation is 1. The second-order valence-electron chi connectivity index (χ2n) is 5.21. The standard InChI is InChI=1S/C17H14N2O3S/c1-10-12-6-3-4-9-15(12)23-16(10)17(20)18-13-7-5-8-14(11(13)2)19(21)22/h3-9H,1-2H3,(H,18,20). The monoisotopic (exact) mass is 326 g/mol. The van der Waals surface area contributed by atoms with Gasteiger partial charge in [-0.15, -0.1) is 11.3 Å². The van der Waals surface area contributed by atoms with Gasteiger partial charge in [-0.1, -0.05) is 24.3 Å². The number of carbonyl (C=O) groups is 1. The van der Waals surface area contributed by atoms with E-state index in [1.54, 1.807) is 19.1 Å². The maximum absolute atomic E-state index is 12.6. The molecule has 0 aliphatic rings. The third-order valence-electron chi connectivity index (χ3n) is 3.80. The van der Waals surface area contributed by atoms with E-state index in [0.29, 0.717) is 16.1 Å². The quantitative estimate of drug-likeness (QED) is 0.561. The lowest BCUT2D eigenvalue weighted by atomic mass is 10.1. The van der Waals surface area contributed by atoms with Crippen molar-refractivity contribution in [3.8, 4) is 0 Å². The number of thiophene rings is 1. The van der Waals surface area contributed by atoms with Crippen molar-refractivity contribution in [2.24, 2.45) is 0 Å². The first-order valence-corrected chi connectivity index (χ1v) is 7.84. The Labute approximate surface area is 136 Å². The van der Waals surface area contributed by atoms with Gasteiger partial charge in [-0.3, -0.25) is 14.9 Å². The van der Waals surface area contributed by atoms with Gasteiger partial charge >= 0.3 is 0 Å². The normalized spacial score (nSPS) is 10.7. The number of fused-ring (bicyclic) bond motifs is 1. The van der Waals surface area contributed by atoms with Gasteiger partial charge in [0.15, 0.2) is 0 Å². The van der Waals surface area contributed by atoms with Crippen molar-refractivity contribution in [2.45, 2.75) is 13.8 Å². The van der Waals surface area contributed by atoms with E-state index in [2.05, 4.69) is 5.32 Å². The van der Waals surface area contributed by atoms with Crippen LogP contribution < -0.4 is 5.32 Å². The molecule has 0 spiro atoms. The number of amides is 1. The molecule has 0 bridgehead atoms. The number of nitro groups is 1. The number of carbonyl (C=O) groups excluding carboxylic acids is 1. The number of nitrogens with one attached hydrogen (secondary N) is 1. The zero-order chi connectivity index (χ0) is 16.6. The molecular weight excluding hydrogens is 312 g/mol. The molecule has 3 rings (SSSR count). The lowest BCUT2D eigenvalue weighted by Crippen LogP contribution is -2.12. The second-order valence-corrected chi connectivity index (χ2v) is 6.27. The number of nitrogens with zero attached hydrogens (tertiary/aromatic N) is 1. The first-order valence-electron chi connectivity index (χ1n) is 7.02. The lowest BCUT2D eigenvalue weighted by molar-refractivity contribution is -0.385. The van der Waals surface area contributed by atoms with Crippen molar-refractivity contribution in [1.29, 1.82) is 0 Å². The van der Waals surface area contributed by atoms with Crippen LogP contribution in [0.5, 0.6) is 0 Å². The molecule has 0 saturated carbocycles. The Balaban J connectivity index is 1.97. The molecule has 0 aliphatic carbocycles. The Kier molecular flexibility index (Phi) is 3.83. The fourth-order valence-electron chi connectivity index (χ4n) is 2.53. The summed E-state index contributed by atoms with van der Waals surface area (Å²) in [5.41, 5.74) is 1.83. The van der Waals surface area contributed by atoms with Gasteiger partial charge in [0.1, 0.15) is 0 Å². The van der Waals surface area contributed by atoms with Crippen LogP contribution in [0.2, 0.25) is 0 Å². The summed E-state index contributed by atoms with van der Waals surface area (Å²) < 4.78 is 1.05. The highest BCUT2D eigenvalue weighted by Gasteiger charge is 2.18. The smallest absolute Gasteiger partial charge is 0.274 e. The Bertz CT molecular complexity index is 931. The first-order chi connectivity index (χ1) is 11.0. The fourth-order valence-corrected chi connectivity index (χ4v) is 3.63. The molecule has 3 aromatic rings. The molecule has 0 aliphatic heterocycles. The maximum atomic E-state index is 12.6. The number of hydrogen-bond donors (Lipinski definition) is 1. The van der Waals surface area contributed by atoms with E-state index in [0.717, 1.165) is 15.6 Å². The highest BCUT2D eigenvalue weighted by Crippen LogP contribution is 2.32. The van der Waals surface area contributed by atoms with Crippen LogP contribution in [0, 0.1) is 24.0 Å². The summed E-state index contributed by atoms with van der Waals surface area (Å²) >= 11 is 1.42.